The fourth-order valence-corrected chi connectivity index (χ4v) is 7.28. The van der Waals surface area contributed by atoms with Crippen LogP contribution in [0.5, 0.6) is 0 Å². The summed E-state index contributed by atoms with van der Waals surface area (Å²) in [5.41, 5.74) is -0.253. The minimum absolute atomic E-state index is 0.0525. The molecule has 2 aromatic carbocycles. The molecule has 0 heterocycles. The molecule has 0 N–H and O–H groups in total. The number of benzene rings is 2. The fraction of sp³-hybridized carbons (Fsp3) is 0.458. The van der Waals surface area contributed by atoms with E-state index in [2.05, 4.69) is 19.6 Å². The first-order valence-electron chi connectivity index (χ1n) is 10.9. The molecule has 0 aromatic heterocycles. The number of halogens is 3. The average molecular weight is 515 g/mol. The van der Waals surface area contributed by atoms with Gasteiger partial charge in [-0.3, -0.25) is 4.79 Å². The third-order valence-electron chi connectivity index (χ3n) is 6.18. The van der Waals surface area contributed by atoms with Crippen molar-refractivity contribution in [2.24, 2.45) is 5.92 Å². The molecule has 180 valence electrons. The lowest BCUT2D eigenvalue weighted by Crippen LogP contribution is -2.45. The lowest BCUT2D eigenvalue weighted by Gasteiger charge is -2.40. The Labute approximate surface area is 200 Å². The van der Waals surface area contributed by atoms with Crippen LogP contribution in [0.4, 0.5) is 8.78 Å². The van der Waals surface area contributed by atoms with Crippen LogP contribution in [0.1, 0.15) is 24.8 Å². The van der Waals surface area contributed by atoms with Crippen molar-refractivity contribution in [3.8, 4) is 0 Å². The highest BCUT2D eigenvalue weighted by molar-refractivity contribution is 7.92. The number of rotatable bonds is 8. The van der Waals surface area contributed by atoms with E-state index in [-0.39, 0.29) is 42.1 Å². The van der Waals surface area contributed by atoms with E-state index in [9.17, 15) is 17.6 Å². The van der Waals surface area contributed by atoms with Crippen LogP contribution in [0.3, 0.4) is 0 Å². The van der Waals surface area contributed by atoms with E-state index in [4.69, 9.17) is 16.3 Å². The number of ketones is 1. The van der Waals surface area contributed by atoms with Gasteiger partial charge in [-0.15, -0.1) is 0 Å². The second-order valence-electron chi connectivity index (χ2n) is 9.83. The van der Waals surface area contributed by atoms with Crippen molar-refractivity contribution in [2.45, 2.75) is 54.6 Å². The molecule has 0 aliphatic heterocycles. The molecular formula is C24H29ClF2O4SSi. The normalized spacial score (nSPS) is 21.9. The molecule has 2 atom stereocenters. The Kier molecular flexibility index (Phi) is 7.83. The van der Waals surface area contributed by atoms with Gasteiger partial charge in [0.05, 0.1) is 11.5 Å². The predicted octanol–water partition coefficient (Wildman–Crippen LogP) is 6.01. The maximum absolute atomic E-state index is 15.0. The minimum Gasteiger partial charge on any atom is -0.381 e. The van der Waals surface area contributed by atoms with Gasteiger partial charge in [0.1, 0.15) is 22.2 Å². The van der Waals surface area contributed by atoms with Crippen molar-refractivity contribution in [3.63, 3.8) is 0 Å². The smallest absolute Gasteiger partial charge is 0.188 e. The van der Waals surface area contributed by atoms with Gasteiger partial charge in [0.2, 0.25) is 0 Å². The van der Waals surface area contributed by atoms with E-state index >= 15 is 4.39 Å². The Hall–Kier alpha value is -1.61. The van der Waals surface area contributed by atoms with Gasteiger partial charge >= 0.3 is 0 Å². The Morgan fingerprint density at radius 3 is 2.42 bits per heavy atom. The van der Waals surface area contributed by atoms with E-state index in [1.54, 1.807) is 0 Å². The maximum Gasteiger partial charge on any atom is 0.188 e. The van der Waals surface area contributed by atoms with Gasteiger partial charge in [-0.25, -0.2) is 17.2 Å². The lowest BCUT2D eigenvalue weighted by molar-refractivity contribution is -0.127. The highest BCUT2D eigenvalue weighted by Gasteiger charge is 2.52. The summed E-state index contributed by atoms with van der Waals surface area (Å²) in [6, 6.07) is 9.30. The number of hydrogen-bond donors (Lipinski definition) is 0. The monoisotopic (exact) mass is 514 g/mol. The molecule has 0 unspecified atom stereocenters. The molecule has 1 aliphatic rings. The first kappa shape index (κ1) is 26.0. The third kappa shape index (κ3) is 5.73. The molecule has 2 aromatic rings. The summed E-state index contributed by atoms with van der Waals surface area (Å²) >= 11 is 5.93. The lowest BCUT2D eigenvalue weighted by atomic mass is 9.76. The van der Waals surface area contributed by atoms with Crippen LogP contribution >= 0.6 is 11.6 Å². The molecule has 0 saturated heterocycles. The molecule has 9 heteroatoms. The fourth-order valence-electron chi connectivity index (χ4n) is 4.22. The second-order valence-corrected chi connectivity index (χ2v) is 18.1. The standard InChI is InChI=1S/C24H29ClF2O4SSi/c1-33(2,3)13-12-31-16-17-15-24(11-10-23(17)28,21-14-19(26)6-9-22(21)27)32(29,30)20-7-4-18(25)5-8-20/h4-9,14,17H,10-13,15-16H2,1-3H3/t17-,24+/m0/s1. The highest BCUT2D eigenvalue weighted by atomic mass is 35.5. The summed E-state index contributed by atoms with van der Waals surface area (Å²) in [5.74, 6) is -2.41. The topological polar surface area (TPSA) is 60.4 Å². The van der Waals surface area contributed by atoms with Gasteiger partial charge < -0.3 is 4.74 Å². The second kappa shape index (κ2) is 9.94. The summed E-state index contributed by atoms with van der Waals surface area (Å²) < 4.78 is 61.0. The van der Waals surface area contributed by atoms with Crippen LogP contribution in [0.2, 0.25) is 30.7 Å². The number of sulfone groups is 1. The largest absolute Gasteiger partial charge is 0.381 e. The molecule has 3 rings (SSSR count). The van der Waals surface area contributed by atoms with Crippen molar-refractivity contribution in [1.82, 2.24) is 0 Å². The van der Waals surface area contributed by atoms with Crippen molar-refractivity contribution in [2.75, 3.05) is 13.2 Å². The van der Waals surface area contributed by atoms with Crippen LogP contribution in [-0.4, -0.2) is 35.5 Å². The Morgan fingerprint density at radius 1 is 1.12 bits per heavy atom. The first-order chi connectivity index (χ1) is 15.4. The van der Waals surface area contributed by atoms with Crippen molar-refractivity contribution >= 4 is 35.3 Å². The molecule has 1 saturated carbocycles. The van der Waals surface area contributed by atoms with E-state index in [1.807, 2.05) is 0 Å². The van der Waals surface area contributed by atoms with Gasteiger partial charge in [-0.05, 0) is 61.4 Å². The summed E-state index contributed by atoms with van der Waals surface area (Å²) in [5, 5.41) is 0.354. The molecule has 4 nitrogen and oxygen atoms in total. The molecule has 0 radical (unpaired) electrons. The van der Waals surface area contributed by atoms with Gasteiger partial charge in [-0.1, -0.05) is 31.2 Å². The summed E-state index contributed by atoms with van der Waals surface area (Å²) in [7, 11) is -5.55. The first-order valence-corrected chi connectivity index (χ1v) is 16.5. The molecule has 1 fully saturated rings. The summed E-state index contributed by atoms with van der Waals surface area (Å²) in [6.45, 7) is 7.15. The van der Waals surface area contributed by atoms with Crippen molar-refractivity contribution < 1.29 is 26.7 Å². The number of carbonyl (C=O) groups is 1. The SMILES string of the molecule is C[Si](C)(C)CCOC[C@@H]1C[C@](c2cc(F)ccc2F)(S(=O)(=O)c2ccc(Cl)cc2)CCC1=O. The number of hydrogen-bond acceptors (Lipinski definition) is 4. The highest BCUT2D eigenvalue weighted by Crippen LogP contribution is 2.49. The molecule has 0 spiro atoms. The molecule has 0 amide bonds. The van der Waals surface area contributed by atoms with Crippen molar-refractivity contribution in [3.05, 3.63) is 64.7 Å². The van der Waals surface area contributed by atoms with Crippen LogP contribution in [0.15, 0.2) is 47.4 Å². The van der Waals surface area contributed by atoms with Crippen LogP contribution in [-0.2, 0) is 24.1 Å². The Bertz CT molecular complexity index is 1120. The summed E-state index contributed by atoms with van der Waals surface area (Å²) in [6.07, 6.45) is -0.377. The Balaban J connectivity index is 2.03. The Morgan fingerprint density at radius 2 is 1.79 bits per heavy atom. The number of Topliss-reactive ketones (excluding diaryl/α,β-unsaturated/α-hetero) is 1. The quantitative estimate of drug-likeness (QED) is 0.319. The average Bonchev–Trinajstić information content (AvgIpc) is 2.74. The van der Waals surface area contributed by atoms with Gasteiger partial charge in [0.15, 0.2) is 9.84 Å². The zero-order chi connectivity index (χ0) is 24.4. The molecule has 33 heavy (non-hydrogen) atoms. The minimum atomic E-state index is -4.21. The van der Waals surface area contributed by atoms with E-state index < -0.39 is 40.2 Å². The predicted molar refractivity (Wildman–Crippen MR) is 128 cm³/mol. The molecule has 0 bridgehead atoms. The number of ether oxygens (including phenoxy) is 1. The van der Waals surface area contributed by atoms with Crippen LogP contribution in [0, 0.1) is 17.6 Å². The maximum atomic E-state index is 15.0. The summed E-state index contributed by atoms with van der Waals surface area (Å²) in [4.78, 5) is 12.7. The number of carbonyl (C=O) groups excluding carboxylic acids is 1. The molecule has 1 aliphatic carbocycles. The van der Waals surface area contributed by atoms with Gasteiger partial charge in [0, 0.05) is 37.6 Å². The van der Waals surface area contributed by atoms with Gasteiger partial charge in [0.25, 0.3) is 0 Å². The molecular weight excluding hydrogens is 486 g/mol. The van der Waals surface area contributed by atoms with Crippen molar-refractivity contribution in [1.29, 1.82) is 0 Å². The zero-order valence-electron chi connectivity index (χ0n) is 19.0. The third-order valence-corrected chi connectivity index (χ3v) is 10.6. The van der Waals surface area contributed by atoms with E-state index in [0.717, 1.165) is 24.2 Å². The van der Waals surface area contributed by atoms with Gasteiger partial charge in [-0.2, -0.15) is 0 Å². The van der Waals surface area contributed by atoms with E-state index in [1.165, 1.54) is 24.3 Å². The van der Waals surface area contributed by atoms with Crippen LogP contribution < -0.4 is 0 Å². The zero-order valence-corrected chi connectivity index (χ0v) is 21.6. The van der Waals surface area contributed by atoms with Crippen LogP contribution in [0.25, 0.3) is 0 Å². The van der Waals surface area contributed by atoms with E-state index in [0.29, 0.717) is 11.6 Å².